The van der Waals surface area contributed by atoms with E-state index in [1.807, 2.05) is 6.92 Å². The molecule has 5 rings (SSSR count). The Morgan fingerprint density at radius 2 is 1.82 bits per heavy atom. The highest BCUT2D eigenvalue weighted by molar-refractivity contribution is 7.89. The van der Waals surface area contributed by atoms with Crippen molar-refractivity contribution in [3.05, 3.63) is 39.0 Å². The molecular formula is C23H29ClN4O5S. The highest BCUT2D eigenvalue weighted by Gasteiger charge is 2.41. The zero-order chi connectivity index (χ0) is 24.3. The molecule has 34 heavy (non-hydrogen) atoms. The number of nitrogens with zero attached hydrogens (tertiary/aromatic N) is 3. The Labute approximate surface area is 202 Å². The van der Waals surface area contributed by atoms with E-state index in [0.717, 1.165) is 25.7 Å². The van der Waals surface area contributed by atoms with Gasteiger partial charge < -0.3 is 4.90 Å². The van der Waals surface area contributed by atoms with Crippen molar-refractivity contribution in [1.29, 1.82) is 0 Å². The zero-order valence-electron chi connectivity index (χ0n) is 19.1. The van der Waals surface area contributed by atoms with Crippen LogP contribution in [0.15, 0.2) is 32.7 Å². The molecule has 0 atom stereocenters. The van der Waals surface area contributed by atoms with Crippen molar-refractivity contribution in [3.63, 3.8) is 0 Å². The Bertz CT molecular complexity index is 1370. The van der Waals surface area contributed by atoms with Gasteiger partial charge in [0, 0.05) is 31.2 Å². The zero-order valence-corrected chi connectivity index (χ0v) is 20.7. The van der Waals surface area contributed by atoms with Crippen molar-refractivity contribution in [1.82, 2.24) is 18.8 Å². The number of hydrogen-bond donors (Lipinski definition) is 1. The van der Waals surface area contributed by atoms with E-state index in [1.54, 1.807) is 15.5 Å². The number of aromatic nitrogens is 2. The lowest BCUT2D eigenvalue weighted by Crippen LogP contribution is -2.47. The molecule has 9 nitrogen and oxygen atoms in total. The van der Waals surface area contributed by atoms with Crippen LogP contribution >= 0.6 is 11.6 Å². The van der Waals surface area contributed by atoms with Crippen molar-refractivity contribution in [2.45, 2.75) is 68.5 Å². The maximum Gasteiger partial charge on any atom is 0.331 e. The van der Waals surface area contributed by atoms with E-state index in [-0.39, 0.29) is 33.8 Å². The van der Waals surface area contributed by atoms with Gasteiger partial charge in [0.05, 0.1) is 15.8 Å². The van der Waals surface area contributed by atoms with E-state index < -0.39 is 21.1 Å². The number of halogens is 1. The molecule has 1 N–H and O–H groups in total. The van der Waals surface area contributed by atoms with Crippen LogP contribution < -0.4 is 16.0 Å². The first kappa shape index (κ1) is 23.6. The van der Waals surface area contributed by atoms with Gasteiger partial charge in [0.25, 0.3) is 5.56 Å². The number of amides is 1. The van der Waals surface area contributed by atoms with Gasteiger partial charge in [-0.1, -0.05) is 0 Å². The molecule has 3 fully saturated rings. The van der Waals surface area contributed by atoms with Gasteiger partial charge in [0.1, 0.15) is 5.88 Å². The van der Waals surface area contributed by atoms with Crippen molar-refractivity contribution in [3.8, 4) is 0 Å². The summed E-state index contributed by atoms with van der Waals surface area (Å²) in [5, 5.41) is 0.225. The lowest BCUT2D eigenvalue weighted by molar-refractivity contribution is -0.129. The summed E-state index contributed by atoms with van der Waals surface area (Å²) in [6, 6.07) is 4.09. The first-order valence-corrected chi connectivity index (χ1v) is 13.8. The topological polar surface area (TPSA) is 110 Å². The van der Waals surface area contributed by atoms with Gasteiger partial charge in [-0.15, -0.1) is 11.6 Å². The van der Waals surface area contributed by atoms with Gasteiger partial charge in [-0.3, -0.25) is 18.7 Å². The number of likely N-dealkylation sites (tertiary alicyclic amines) is 1. The third-order valence-corrected chi connectivity index (χ3v) is 9.14. The number of fused-ring (bicyclic) bond motifs is 1. The lowest BCUT2D eigenvalue weighted by atomic mass is 10.0. The van der Waals surface area contributed by atoms with Crippen molar-refractivity contribution in [2.75, 3.05) is 19.0 Å². The molecule has 1 amide bonds. The molecule has 2 aromatic rings. The Hall–Kier alpha value is -2.17. The predicted molar refractivity (Wildman–Crippen MR) is 129 cm³/mol. The molecule has 2 aliphatic carbocycles. The maximum atomic E-state index is 13.6. The van der Waals surface area contributed by atoms with Crippen molar-refractivity contribution in [2.24, 2.45) is 5.92 Å². The smallest absolute Gasteiger partial charge is 0.331 e. The number of sulfonamides is 1. The average molecular weight is 509 g/mol. The summed E-state index contributed by atoms with van der Waals surface area (Å²) in [7, 11) is -3.80. The maximum absolute atomic E-state index is 13.6. The van der Waals surface area contributed by atoms with E-state index >= 15 is 0 Å². The quantitative estimate of drug-likeness (QED) is 0.573. The molecule has 0 bridgehead atoms. The first-order valence-electron chi connectivity index (χ1n) is 11.8. The Morgan fingerprint density at radius 3 is 2.41 bits per heavy atom. The number of alkyl halides is 1. The molecule has 0 radical (unpaired) electrons. The molecule has 0 spiro atoms. The summed E-state index contributed by atoms with van der Waals surface area (Å²) in [4.78, 5) is 40.7. The monoisotopic (exact) mass is 508 g/mol. The van der Waals surface area contributed by atoms with Crippen LogP contribution in [0.1, 0.15) is 51.5 Å². The molecule has 2 heterocycles. The summed E-state index contributed by atoms with van der Waals surface area (Å²) in [5.74, 6) is 0.123. The standard InChI is InChI=1S/C23H29ClN4O5S/c1-23(8-9-23)25-34(32,33)17-4-5-19-18(12-17)21(30)28(22(31)27(19)14-15-2-3-15)16-6-10-26(11-7-16)20(29)13-24/h4-5,12,15-16,25H,2-3,6-11,13-14H2,1H3. The summed E-state index contributed by atoms with van der Waals surface area (Å²) in [5.41, 5.74) is -0.827. The highest BCUT2D eigenvalue weighted by Crippen LogP contribution is 2.36. The molecule has 1 aliphatic heterocycles. The number of carbonyl (C=O) groups excluding carboxylic acids is 1. The Kier molecular flexibility index (Phi) is 5.89. The second-order valence-electron chi connectivity index (χ2n) is 10.1. The van der Waals surface area contributed by atoms with Crippen LogP contribution in [0.3, 0.4) is 0 Å². The highest BCUT2D eigenvalue weighted by atomic mass is 35.5. The minimum Gasteiger partial charge on any atom is -0.342 e. The summed E-state index contributed by atoms with van der Waals surface area (Å²) >= 11 is 5.67. The van der Waals surface area contributed by atoms with Crippen LogP contribution in [-0.2, 0) is 21.4 Å². The Morgan fingerprint density at radius 1 is 1.15 bits per heavy atom. The molecule has 0 unspecified atom stereocenters. The number of piperidine rings is 1. The fraction of sp³-hybridized carbons (Fsp3) is 0.609. The SMILES string of the molecule is CC1(NS(=O)(=O)c2ccc3c(c2)c(=O)n(C2CCN(C(=O)CCl)CC2)c(=O)n3CC2CC2)CC1. The number of hydrogen-bond acceptors (Lipinski definition) is 5. The molecule has 1 aromatic heterocycles. The molecule has 3 aliphatic rings. The van der Waals surface area contributed by atoms with E-state index in [1.165, 1.54) is 16.7 Å². The first-order chi connectivity index (χ1) is 16.1. The van der Waals surface area contributed by atoms with Crippen LogP contribution in [0.2, 0.25) is 0 Å². The molecular weight excluding hydrogens is 480 g/mol. The van der Waals surface area contributed by atoms with E-state index in [9.17, 15) is 22.8 Å². The molecule has 1 saturated heterocycles. The van der Waals surface area contributed by atoms with E-state index in [2.05, 4.69) is 4.72 Å². The van der Waals surface area contributed by atoms with E-state index in [0.29, 0.717) is 43.9 Å². The molecule has 2 saturated carbocycles. The van der Waals surface area contributed by atoms with Gasteiger partial charge in [-0.25, -0.2) is 17.9 Å². The van der Waals surface area contributed by atoms with Gasteiger partial charge in [-0.05, 0) is 69.6 Å². The minimum absolute atomic E-state index is 0.0240. The minimum atomic E-state index is -3.80. The van der Waals surface area contributed by atoms with Crippen LogP contribution in [0.5, 0.6) is 0 Å². The molecule has 184 valence electrons. The largest absolute Gasteiger partial charge is 0.342 e. The van der Waals surface area contributed by atoms with Crippen LogP contribution in [-0.4, -0.2) is 52.9 Å². The van der Waals surface area contributed by atoms with Gasteiger partial charge in [-0.2, -0.15) is 0 Å². The lowest BCUT2D eigenvalue weighted by Gasteiger charge is -2.32. The number of carbonyl (C=O) groups is 1. The molecule has 11 heteroatoms. The molecule has 1 aromatic carbocycles. The number of nitrogens with one attached hydrogen (secondary N) is 1. The Balaban J connectivity index is 1.58. The summed E-state index contributed by atoms with van der Waals surface area (Å²) < 4.78 is 31.5. The third kappa shape index (κ3) is 4.43. The van der Waals surface area contributed by atoms with Crippen LogP contribution in [0, 0.1) is 5.92 Å². The van der Waals surface area contributed by atoms with Crippen molar-refractivity contribution >= 4 is 38.4 Å². The van der Waals surface area contributed by atoms with Gasteiger partial charge >= 0.3 is 5.69 Å². The van der Waals surface area contributed by atoms with Crippen molar-refractivity contribution < 1.29 is 13.2 Å². The normalized spacial score (nSPS) is 20.6. The summed E-state index contributed by atoms with van der Waals surface area (Å²) in [6.07, 6.45) is 4.54. The van der Waals surface area contributed by atoms with Crippen LogP contribution in [0.4, 0.5) is 0 Å². The average Bonchev–Trinajstić information content (AvgIpc) is 3.75. The second-order valence-corrected chi connectivity index (χ2v) is 12.1. The number of benzene rings is 1. The van der Waals surface area contributed by atoms with Crippen LogP contribution in [0.25, 0.3) is 10.9 Å². The predicted octanol–water partition coefficient (Wildman–Crippen LogP) is 1.81. The number of rotatable bonds is 7. The third-order valence-electron chi connectivity index (χ3n) is 7.27. The fourth-order valence-corrected chi connectivity index (χ4v) is 6.39. The summed E-state index contributed by atoms with van der Waals surface area (Å²) in [6.45, 7) is 3.19. The van der Waals surface area contributed by atoms with Gasteiger partial charge in [0.15, 0.2) is 0 Å². The van der Waals surface area contributed by atoms with E-state index in [4.69, 9.17) is 11.6 Å². The fourth-order valence-electron chi connectivity index (χ4n) is 4.73. The van der Waals surface area contributed by atoms with Gasteiger partial charge in [0.2, 0.25) is 15.9 Å². The second kappa shape index (κ2) is 8.49.